The van der Waals surface area contributed by atoms with Crippen LogP contribution >= 0.6 is 0 Å². The van der Waals surface area contributed by atoms with E-state index in [1.54, 1.807) is 15.9 Å². The molecule has 0 bridgehead atoms. The number of aromatic amines is 2. The lowest BCUT2D eigenvalue weighted by Gasteiger charge is -2.29. The number of fused-ring (bicyclic) bond motifs is 1. The van der Waals surface area contributed by atoms with Gasteiger partial charge in [0.1, 0.15) is 11.5 Å². The second-order valence-corrected chi connectivity index (χ2v) is 7.07. The molecule has 2 aliphatic rings. The molecule has 154 valence electrons. The first-order valence-corrected chi connectivity index (χ1v) is 9.03. The van der Waals surface area contributed by atoms with Gasteiger partial charge in [0.05, 0.1) is 6.04 Å². The lowest BCUT2D eigenvalue weighted by Crippen LogP contribution is -2.36. The maximum Gasteiger partial charge on any atom is 0.323 e. The topological polar surface area (TPSA) is 127 Å². The number of carbonyl (C=O) groups is 3. The van der Waals surface area contributed by atoms with Crippen molar-refractivity contribution in [2.45, 2.75) is 13.0 Å². The van der Waals surface area contributed by atoms with Gasteiger partial charge in [0, 0.05) is 44.6 Å². The number of hydrogen-bond donors (Lipinski definition) is 3. The molecule has 9 nitrogen and oxygen atoms in total. The molecule has 2 fully saturated rings. The Morgan fingerprint density at radius 1 is 1.28 bits per heavy atom. The summed E-state index contributed by atoms with van der Waals surface area (Å²) in [4.78, 5) is 52.7. The molecule has 1 aromatic carbocycles. The van der Waals surface area contributed by atoms with E-state index in [-0.39, 0.29) is 47.7 Å². The van der Waals surface area contributed by atoms with Gasteiger partial charge in [-0.25, -0.2) is 9.18 Å². The zero-order valence-corrected chi connectivity index (χ0v) is 15.7. The van der Waals surface area contributed by atoms with E-state index in [0.717, 1.165) is 5.56 Å². The van der Waals surface area contributed by atoms with E-state index in [1.807, 2.05) is 6.07 Å². The van der Waals surface area contributed by atoms with Crippen LogP contribution in [0.5, 0.6) is 0 Å². The highest BCUT2D eigenvalue weighted by atomic mass is 19.1. The Balaban J connectivity index is 0.000000755. The van der Waals surface area contributed by atoms with E-state index in [9.17, 15) is 18.8 Å². The molecule has 3 N–H and O–H groups in total. The van der Waals surface area contributed by atoms with E-state index < -0.39 is 5.69 Å². The minimum Gasteiger partial charge on any atom is -0.483 e. The second-order valence-electron chi connectivity index (χ2n) is 7.07. The fourth-order valence-corrected chi connectivity index (χ4v) is 4.27. The molecular formula is C19H21FN4O5. The summed E-state index contributed by atoms with van der Waals surface area (Å²) in [6, 6.07) is 6.04. The minimum absolute atomic E-state index is 0.0373. The van der Waals surface area contributed by atoms with Crippen molar-refractivity contribution in [3.63, 3.8) is 0 Å². The van der Waals surface area contributed by atoms with Crippen LogP contribution in [0, 0.1) is 17.7 Å². The first-order chi connectivity index (χ1) is 13.8. The van der Waals surface area contributed by atoms with E-state index in [1.165, 1.54) is 25.3 Å². The van der Waals surface area contributed by atoms with Gasteiger partial charge in [0.25, 0.3) is 12.4 Å². The molecule has 3 heterocycles. The number of aromatic nitrogens is 2. The summed E-state index contributed by atoms with van der Waals surface area (Å²) in [5.41, 5.74) is 0.547. The molecule has 0 aliphatic carbocycles. The van der Waals surface area contributed by atoms with Crippen LogP contribution in [0.1, 0.15) is 29.0 Å². The third-order valence-corrected chi connectivity index (χ3v) is 5.37. The van der Waals surface area contributed by atoms with Gasteiger partial charge in [-0.15, -0.1) is 0 Å². The van der Waals surface area contributed by atoms with Gasteiger partial charge in [-0.05, 0) is 17.7 Å². The first-order valence-electron chi connectivity index (χ1n) is 9.03. The van der Waals surface area contributed by atoms with Crippen LogP contribution in [0.3, 0.4) is 0 Å². The van der Waals surface area contributed by atoms with Crippen molar-refractivity contribution in [1.29, 1.82) is 0 Å². The van der Waals surface area contributed by atoms with Crippen molar-refractivity contribution in [2.75, 3.05) is 19.6 Å². The molecule has 4 rings (SSSR count). The van der Waals surface area contributed by atoms with Crippen molar-refractivity contribution in [2.24, 2.45) is 11.8 Å². The predicted molar refractivity (Wildman–Crippen MR) is 99.5 cm³/mol. The van der Waals surface area contributed by atoms with E-state index >= 15 is 0 Å². The lowest BCUT2D eigenvalue weighted by molar-refractivity contribution is -0.130. The van der Waals surface area contributed by atoms with Crippen molar-refractivity contribution in [1.82, 2.24) is 19.8 Å². The van der Waals surface area contributed by atoms with E-state index in [4.69, 9.17) is 9.90 Å². The Morgan fingerprint density at radius 2 is 2.00 bits per heavy atom. The SMILES string of the molecule is CC(=O)N1C[C@H]2CN(C(=O)c3c[nH]c(=O)[nH]3)C[C@H]2[C@H]1c1cccc(F)c1.O=CO. The molecule has 0 spiro atoms. The molecule has 3 atom stereocenters. The van der Waals surface area contributed by atoms with Gasteiger partial charge >= 0.3 is 5.69 Å². The van der Waals surface area contributed by atoms with Crippen molar-refractivity contribution < 1.29 is 23.9 Å². The number of rotatable bonds is 2. The number of carbonyl (C=O) groups excluding carboxylic acids is 2. The van der Waals surface area contributed by atoms with Crippen molar-refractivity contribution in [3.05, 3.63) is 58.0 Å². The first kappa shape index (κ1) is 20.3. The van der Waals surface area contributed by atoms with Crippen molar-refractivity contribution >= 4 is 18.3 Å². The molecular weight excluding hydrogens is 383 g/mol. The van der Waals surface area contributed by atoms with E-state index in [2.05, 4.69) is 9.97 Å². The zero-order chi connectivity index (χ0) is 21.1. The quantitative estimate of drug-likeness (QED) is 0.639. The molecule has 1 aromatic heterocycles. The van der Waals surface area contributed by atoms with Crippen molar-refractivity contribution in [3.8, 4) is 0 Å². The molecule has 0 unspecified atom stereocenters. The molecule has 2 aliphatic heterocycles. The van der Waals surface area contributed by atoms with Crippen LogP contribution in [-0.2, 0) is 9.59 Å². The minimum atomic E-state index is -0.423. The third-order valence-electron chi connectivity index (χ3n) is 5.37. The average Bonchev–Trinajstić information content (AvgIpc) is 3.35. The second kappa shape index (κ2) is 8.29. The van der Waals surface area contributed by atoms with E-state index in [0.29, 0.717) is 19.6 Å². The number of halogens is 1. The average molecular weight is 404 g/mol. The third kappa shape index (κ3) is 4.05. The summed E-state index contributed by atoms with van der Waals surface area (Å²) in [6.07, 6.45) is 1.37. The lowest BCUT2D eigenvalue weighted by atomic mass is 9.89. The molecule has 29 heavy (non-hydrogen) atoms. The van der Waals surface area contributed by atoms with Gasteiger partial charge in [-0.1, -0.05) is 12.1 Å². The fourth-order valence-electron chi connectivity index (χ4n) is 4.27. The highest BCUT2D eigenvalue weighted by Gasteiger charge is 2.49. The zero-order valence-electron chi connectivity index (χ0n) is 15.7. The summed E-state index contributed by atoms with van der Waals surface area (Å²) >= 11 is 0. The molecule has 10 heteroatoms. The standard InChI is InChI=1S/C18H19FN4O3.CH2O2/c1-10(24)23-8-12-7-22(17(25)15-6-20-18(26)21-15)9-14(12)16(23)11-3-2-4-13(19)5-11;2-1-3/h2-6,12,14,16H,7-9H2,1H3,(H2,20,21,26);1H,(H,2,3)/t12-,14-,16-;/m1./s1. The summed E-state index contributed by atoms with van der Waals surface area (Å²) in [5, 5.41) is 6.89. The normalized spacial score (nSPS) is 22.6. The van der Waals surface area contributed by atoms with Crippen LogP contribution < -0.4 is 5.69 Å². The molecule has 2 saturated heterocycles. The number of hydrogen-bond acceptors (Lipinski definition) is 4. The van der Waals surface area contributed by atoms with Gasteiger partial charge in [-0.3, -0.25) is 14.4 Å². The number of amides is 2. The Labute approximate surface area is 165 Å². The number of imidazole rings is 1. The number of nitrogens with one attached hydrogen (secondary N) is 2. The van der Waals surface area contributed by atoms with Crippen LogP contribution in [0.15, 0.2) is 35.3 Å². The fraction of sp³-hybridized carbons (Fsp3) is 0.368. The van der Waals surface area contributed by atoms with Crippen LogP contribution in [-0.4, -0.2) is 62.8 Å². The highest BCUT2D eigenvalue weighted by Crippen LogP contribution is 2.45. The number of nitrogens with zero attached hydrogens (tertiary/aromatic N) is 2. The van der Waals surface area contributed by atoms with Crippen LogP contribution in [0.4, 0.5) is 4.39 Å². The maximum absolute atomic E-state index is 13.7. The monoisotopic (exact) mass is 404 g/mol. The molecule has 2 aromatic rings. The molecule has 0 saturated carbocycles. The maximum atomic E-state index is 13.7. The summed E-state index contributed by atoms with van der Waals surface area (Å²) < 4.78 is 13.7. The molecule has 0 radical (unpaired) electrons. The van der Waals surface area contributed by atoms with Gasteiger partial charge in [-0.2, -0.15) is 0 Å². The smallest absolute Gasteiger partial charge is 0.323 e. The summed E-state index contributed by atoms with van der Waals surface area (Å²) in [6.45, 7) is 2.77. The predicted octanol–water partition coefficient (Wildman–Crippen LogP) is 0.835. The van der Waals surface area contributed by atoms with Gasteiger partial charge in [0.15, 0.2) is 0 Å². The number of benzene rings is 1. The summed E-state index contributed by atoms with van der Waals surface area (Å²) in [7, 11) is 0. The van der Waals surface area contributed by atoms with Crippen LogP contribution in [0.25, 0.3) is 0 Å². The molecule has 2 amide bonds. The van der Waals surface area contributed by atoms with Crippen LogP contribution in [0.2, 0.25) is 0 Å². The Hall–Kier alpha value is -3.43. The summed E-state index contributed by atoms with van der Waals surface area (Å²) in [5.74, 6) is -0.478. The highest BCUT2D eigenvalue weighted by molar-refractivity contribution is 5.92. The largest absolute Gasteiger partial charge is 0.483 e. The Morgan fingerprint density at radius 3 is 2.59 bits per heavy atom. The Kier molecular flexibility index (Phi) is 5.81. The number of H-pyrrole nitrogens is 2. The Bertz CT molecular complexity index is 971. The number of carboxylic acid groups (broad SMARTS) is 1. The number of likely N-dealkylation sites (tertiary alicyclic amines) is 2. The van der Waals surface area contributed by atoms with Gasteiger partial charge in [0.2, 0.25) is 5.91 Å². The van der Waals surface area contributed by atoms with Gasteiger partial charge < -0.3 is 24.9 Å².